The van der Waals surface area contributed by atoms with Gasteiger partial charge in [-0.15, -0.1) is 0 Å². The number of aromatic nitrogens is 1. The molecular formula is C27H24FNO5. The maximum atomic E-state index is 14.8. The molecule has 3 aliphatic rings. The summed E-state index contributed by atoms with van der Waals surface area (Å²) in [6.45, 7) is 0.691. The van der Waals surface area contributed by atoms with Crippen LogP contribution in [0.4, 0.5) is 4.39 Å². The molecule has 0 unspecified atom stereocenters. The minimum absolute atomic E-state index is 0.114. The fourth-order valence-electron chi connectivity index (χ4n) is 5.42. The van der Waals surface area contributed by atoms with E-state index < -0.39 is 0 Å². The largest absolute Gasteiger partial charge is 0.497 e. The summed E-state index contributed by atoms with van der Waals surface area (Å²) < 4.78 is 39.1. The number of pyridine rings is 1. The molecule has 0 atom stereocenters. The summed E-state index contributed by atoms with van der Waals surface area (Å²) in [5.74, 6) is 2.24. The van der Waals surface area contributed by atoms with Gasteiger partial charge in [-0.1, -0.05) is 18.2 Å². The van der Waals surface area contributed by atoms with E-state index in [9.17, 15) is 9.18 Å². The molecule has 1 aromatic heterocycles. The molecule has 3 heterocycles. The topological polar surface area (TPSA) is 58.9 Å². The summed E-state index contributed by atoms with van der Waals surface area (Å²) in [6.07, 6.45) is 2.25. The van der Waals surface area contributed by atoms with Gasteiger partial charge in [0.1, 0.15) is 11.6 Å². The number of nitrogens with zero attached hydrogens (tertiary/aromatic N) is 1. The fraction of sp³-hybridized carbons (Fsp3) is 0.296. The highest BCUT2D eigenvalue weighted by Crippen LogP contribution is 2.44. The van der Waals surface area contributed by atoms with Crippen LogP contribution >= 0.6 is 0 Å². The molecule has 0 amide bonds. The molecule has 0 bridgehead atoms. The Bertz CT molecular complexity index is 1420. The van der Waals surface area contributed by atoms with Crippen LogP contribution in [0.2, 0.25) is 0 Å². The molecule has 0 saturated heterocycles. The molecule has 2 aliphatic heterocycles. The van der Waals surface area contributed by atoms with Gasteiger partial charge in [0.25, 0.3) is 5.56 Å². The third-order valence-corrected chi connectivity index (χ3v) is 7.00. The van der Waals surface area contributed by atoms with E-state index >= 15 is 0 Å². The van der Waals surface area contributed by atoms with Crippen LogP contribution in [0.25, 0.3) is 17.0 Å². The first-order chi connectivity index (χ1) is 16.6. The second kappa shape index (κ2) is 7.94. The zero-order chi connectivity index (χ0) is 23.4. The van der Waals surface area contributed by atoms with Gasteiger partial charge in [-0.05, 0) is 53.3 Å². The Balaban J connectivity index is 1.67. The lowest BCUT2D eigenvalue weighted by atomic mass is 9.83. The van der Waals surface area contributed by atoms with Gasteiger partial charge in [-0.2, -0.15) is 0 Å². The molecule has 0 saturated carbocycles. The lowest BCUT2D eigenvalue weighted by molar-refractivity contribution is 0.174. The van der Waals surface area contributed by atoms with Gasteiger partial charge < -0.3 is 23.5 Å². The maximum absolute atomic E-state index is 14.8. The molecule has 6 rings (SSSR count). The van der Waals surface area contributed by atoms with Gasteiger partial charge in [0, 0.05) is 24.9 Å². The Hall–Kier alpha value is -3.74. The molecule has 3 aromatic rings. The number of hydrogen-bond donors (Lipinski definition) is 0. The van der Waals surface area contributed by atoms with E-state index in [-0.39, 0.29) is 18.2 Å². The fourth-order valence-corrected chi connectivity index (χ4v) is 5.42. The van der Waals surface area contributed by atoms with Crippen molar-refractivity contribution >= 4 is 5.76 Å². The van der Waals surface area contributed by atoms with Crippen LogP contribution in [0, 0.1) is 5.82 Å². The number of halogens is 1. The van der Waals surface area contributed by atoms with Crippen molar-refractivity contribution in [3.05, 3.63) is 86.1 Å². The molecule has 7 heteroatoms. The number of ether oxygens (including phenoxy) is 4. The normalized spacial score (nSPS) is 15.5. The Kier molecular flexibility index (Phi) is 4.86. The minimum Gasteiger partial charge on any atom is -0.497 e. The van der Waals surface area contributed by atoms with Gasteiger partial charge in [-0.3, -0.25) is 4.79 Å². The van der Waals surface area contributed by atoms with E-state index in [1.165, 1.54) is 6.07 Å². The average Bonchev–Trinajstić information content (AvgIpc) is 3.32. The molecule has 0 radical (unpaired) electrons. The van der Waals surface area contributed by atoms with Gasteiger partial charge in [-0.25, -0.2) is 4.39 Å². The monoisotopic (exact) mass is 461 g/mol. The van der Waals surface area contributed by atoms with E-state index in [4.69, 9.17) is 18.9 Å². The van der Waals surface area contributed by atoms with Crippen molar-refractivity contribution in [1.29, 1.82) is 0 Å². The molecule has 34 heavy (non-hydrogen) atoms. The van der Waals surface area contributed by atoms with Crippen LogP contribution in [0.15, 0.2) is 47.0 Å². The first-order valence-corrected chi connectivity index (χ1v) is 11.4. The summed E-state index contributed by atoms with van der Waals surface area (Å²) in [7, 11) is 3.15. The third-order valence-electron chi connectivity index (χ3n) is 7.00. The molecule has 174 valence electrons. The second-order valence-corrected chi connectivity index (χ2v) is 8.68. The number of methoxy groups -OCH3 is 2. The van der Waals surface area contributed by atoms with E-state index in [0.717, 1.165) is 33.7 Å². The Labute approximate surface area is 196 Å². The summed E-state index contributed by atoms with van der Waals surface area (Å²) in [4.78, 5) is 13.9. The zero-order valence-electron chi connectivity index (χ0n) is 19.1. The highest BCUT2D eigenvalue weighted by Gasteiger charge is 2.33. The van der Waals surface area contributed by atoms with Gasteiger partial charge in [0.05, 0.1) is 25.5 Å². The second-order valence-electron chi connectivity index (χ2n) is 8.68. The van der Waals surface area contributed by atoms with Crippen LogP contribution < -0.4 is 15.0 Å². The predicted octanol–water partition coefficient (Wildman–Crippen LogP) is 4.44. The lowest BCUT2D eigenvalue weighted by Crippen LogP contribution is -2.33. The van der Waals surface area contributed by atoms with Crippen molar-refractivity contribution in [1.82, 2.24) is 4.57 Å². The van der Waals surface area contributed by atoms with Crippen LogP contribution in [-0.2, 0) is 35.3 Å². The Morgan fingerprint density at radius 1 is 1.03 bits per heavy atom. The van der Waals surface area contributed by atoms with E-state index in [1.807, 2.05) is 18.2 Å². The molecule has 0 fully saturated rings. The van der Waals surface area contributed by atoms with Crippen molar-refractivity contribution in [2.24, 2.45) is 0 Å². The number of hydrogen-bond acceptors (Lipinski definition) is 5. The predicted molar refractivity (Wildman–Crippen MR) is 124 cm³/mol. The van der Waals surface area contributed by atoms with Gasteiger partial charge >= 0.3 is 0 Å². The van der Waals surface area contributed by atoms with Crippen LogP contribution in [-0.4, -0.2) is 25.6 Å². The summed E-state index contributed by atoms with van der Waals surface area (Å²) in [5, 5.41) is 0. The van der Waals surface area contributed by atoms with Crippen molar-refractivity contribution in [3.63, 3.8) is 0 Å². The highest BCUT2D eigenvalue weighted by molar-refractivity contribution is 5.78. The minimum atomic E-state index is -0.265. The third kappa shape index (κ3) is 3.03. The average molecular weight is 461 g/mol. The van der Waals surface area contributed by atoms with Crippen LogP contribution in [0.3, 0.4) is 0 Å². The van der Waals surface area contributed by atoms with E-state index in [1.54, 1.807) is 30.9 Å². The lowest BCUT2D eigenvalue weighted by Gasteiger charge is -2.31. The molecule has 1 aliphatic carbocycles. The zero-order valence-corrected chi connectivity index (χ0v) is 19.1. The number of allylic oxidation sites excluding steroid dienone is 1. The van der Waals surface area contributed by atoms with E-state index in [0.29, 0.717) is 60.6 Å². The van der Waals surface area contributed by atoms with Crippen LogP contribution in [0.1, 0.15) is 34.2 Å². The number of rotatable bonds is 4. The highest BCUT2D eigenvalue weighted by atomic mass is 19.1. The van der Waals surface area contributed by atoms with Crippen LogP contribution in [0.5, 0.6) is 11.5 Å². The van der Waals surface area contributed by atoms with Crippen molar-refractivity contribution in [2.75, 3.05) is 21.0 Å². The van der Waals surface area contributed by atoms with Crippen molar-refractivity contribution < 1.29 is 23.3 Å². The molecule has 0 N–H and O–H groups in total. The van der Waals surface area contributed by atoms with E-state index in [2.05, 4.69) is 0 Å². The Morgan fingerprint density at radius 3 is 2.59 bits per heavy atom. The summed E-state index contributed by atoms with van der Waals surface area (Å²) >= 11 is 0. The first-order valence-electron chi connectivity index (χ1n) is 11.4. The standard InChI is InChI=1S/C27H24FNO5/c1-31-21-8-7-17-19(11-16-5-3-4-6-20(16)28)25-18-13-23-22(33-14-34-23)12-15(18)9-10-29(25)27(30)24(17)26(21)32-2/h3-6,12-13H,7-11,14H2,1-2H3. The molecular weight excluding hydrogens is 437 g/mol. The molecule has 2 aromatic carbocycles. The SMILES string of the molecule is COC1=C(OC)c2c(c(Cc3ccccc3F)c3n(c2=O)CCc2cc4c(cc2-3)OCO4)CC1. The molecule has 6 nitrogen and oxygen atoms in total. The van der Waals surface area contributed by atoms with Gasteiger partial charge in [0.15, 0.2) is 17.3 Å². The first kappa shape index (κ1) is 20.8. The number of fused-ring (bicyclic) bond motifs is 5. The molecule has 0 spiro atoms. The number of benzene rings is 2. The van der Waals surface area contributed by atoms with Crippen molar-refractivity contribution in [3.8, 4) is 22.8 Å². The number of aryl methyl sites for hydroxylation is 1. The van der Waals surface area contributed by atoms with Gasteiger partial charge in [0.2, 0.25) is 6.79 Å². The van der Waals surface area contributed by atoms with Crippen molar-refractivity contribution in [2.45, 2.75) is 32.2 Å². The maximum Gasteiger partial charge on any atom is 0.262 e. The Morgan fingerprint density at radius 2 is 1.82 bits per heavy atom. The smallest absolute Gasteiger partial charge is 0.262 e. The summed E-state index contributed by atoms with van der Waals surface area (Å²) in [6, 6.07) is 10.7. The summed E-state index contributed by atoms with van der Waals surface area (Å²) in [5.41, 5.74) is 5.66. The quantitative estimate of drug-likeness (QED) is 0.575.